The van der Waals surface area contributed by atoms with Crippen LogP contribution in [-0.2, 0) is 0 Å². The molecule has 1 aromatic carbocycles. The van der Waals surface area contributed by atoms with Gasteiger partial charge in [0.2, 0.25) is 0 Å². The van der Waals surface area contributed by atoms with Crippen LogP contribution < -0.4 is 10.5 Å². The Morgan fingerprint density at radius 3 is 2.50 bits per heavy atom. The summed E-state index contributed by atoms with van der Waals surface area (Å²) in [5.74, 6) is 0. The summed E-state index contributed by atoms with van der Waals surface area (Å²) < 4.78 is 5.65. The van der Waals surface area contributed by atoms with Gasteiger partial charge in [-0.15, -0.1) is 22.7 Å². The van der Waals surface area contributed by atoms with Crippen molar-refractivity contribution < 1.29 is 4.42 Å². The minimum absolute atomic E-state index is 0.284. The number of nitrogens with zero attached hydrogens (tertiary/aromatic N) is 1. The van der Waals surface area contributed by atoms with Crippen LogP contribution in [0.1, 0.15) is 13.8 Å². The molecule has 0 saturated heterocycles. The molecule has 0 atom stereocenters. The van der Waals surface area contributed by atoms with Crippen LogP contribution in [0.5, 0.6) is 0 Å². The normalized spacial score (nSPS) is 11.2. The van der Waals surface area contributed by atoms with E-state index in [-0.39, 0.29) is 5.63 Å². The fraction of sp³-hybridized carbons (Fsp3) is 0.190. The third-order valence-electron chi connectivity index (χ3n) is 4.48. The lowest BCUT2D eigenvalue weighted by molar-refractivity contribution is 0.563. The third-order valence-corrected chi connectivity index (χ3v) is 6.67. The van der Waals surface area contributed by atoms with Gasteiger partial charge in [-0.1, -0.05) is 6.07 Å². The van der Waals surface area contributed by atoms with E-state index in [1.807, 2.05) is 30.3 Å². The van der Waals surface area contributed by atoms with Gasteiger partial charge in [0.1, 0.15) is 5.58 Å². The molecule has 132 valence electrons. The van der Waals surface area contributed by atoms with Crippen molar-refractivity contribution >= 4 is 39.3 Å². The second kappa shape index (κ2) is 7.09. The molecule has 0 aliphatic carbocycles. The molecule has 0 saturated carbocycles. The average Bonchev–Trinajstić information content (AvgIpc) is 3.33. The smallest absolute Gasteiger partial charge is 0.345 e. The molecule has 0 fully saturated rings. The van der Waals surface area contributed by atoms with Gasteiger partial charge in [0.15, 0.2) is 0 Å². The number of benzene rings is 1. The van der Waals surface area contributed by atoms with Crippen LogP contribution in [0.2, 0.25) is 0 Å². The van der Waals surface area contributed by atoms with Gasteiger partial charge in [0.05, 0.1) is 5.56 Å². The molecule has 0 amide bonds. The van der Waals surface area contributed by atoms with Crippen LogP contribution in [0.15, 0.2) is 63.1 Å². The van der Waals surface area contributed by atoms with E-state index in [1.165, 1.54) is 9.75 Å². The van der Waals surface area contributed by atoms with Crippen LogP contribution >= 0.6 is 22.7 Å². The first kappa shape index (κ1) is 17.1. The van der Waals surface area contributed by atoms with Crippen LogP contribution in [0, 0.1) is 0 Å². The van der Waals surface area contributed by atoms with Gasteiger partial charge >= 0.3 is 5.63 Å². The van der Waals surface area contributed by atoms with Crippen molar-refractivity contribution in [3.8, 4) is 20.2 Å². The van der Waals surface area contributed by atoms with E-state index in [0.717, 1.165) is 29.0 Å². The van der Waals surface area contributed by atoms with Gasteiger partial charge in [-0.3, -0.25) is 0 Å². The van der Waals surface area contributed by atoms with Crippen molar-refractivity contribution in [2.45, 2.75) is 13.8 Å². The number of hydrogen-bond donors (Lipinski definition) is 0. The fourth-order valence-electron chi connectivity index (χ4n) is 3.09. The summed E-state index contributed by atoms with van der Waals surface area (Å²) >= 11 is 3.33. The Bertz CT molecular complexity index is 1090. The summed E-state index contributed by atoms with van der Waals surface area (Å²) in [4.78, 5) is 18.1. The van der Waals surface area contributed by atoms with Gasteiger partial charge < -0.3 is 9.32 Å². The molecule has 0 unspecified atom stereocenters. The van der Waals surface area contributed by atoms with E-state index in [0.29, 0.717) is 11.1 Å². The minimum atomic E-state index is -0.284. The van der Waals surface area contributed by atoms with Crippen LogP contribution in [0.3, 0.4) is 0 Å². The van der Waals surface area contributed by atoms with E-state index in [4.69, 9.17) is 4.42 Å². The molecule has 3 aromatic heterocycles. The highest BCUT2D eigenvalue weighted by molar-refractivity contribution is 7.23. The summed E-state index contributed by atoms with van der Waals surface area (Å²) in [6.07, 6.45) is 0. The Labute approximate surface area is 160 Å². The maximum absolute atomic E-state index is 12.6. The summed E-state index contributed by atoms with van der Waals surface area (Å²) in [6.45, 7) is 6.08. The molecule has 0 N–H and O–H groups in total. The van der Waals surface area contributed by atoms with Crippen molar-refractivity contribution in [2.24, 2.45) is 0 Å². The number of anilines is 1. The first-order valence-electron chi connectivity index (χ1n) is 8.66. The SMILES string of the molecule is CCN(CC)c1ccc2cc(-c3ccc(-c4cccs4)s3)c(=O)oc2c1. The first-order valence-corrected chi connectivity index (χ1v) is 10.4. The molecule has 0 spiro atoms. The number of hydrogen-bond acceptors (Lipinski definition) is 5. The molecule has 3 heterocycles. The highest BCUT2D eigenvalue weighted by Gasteiger charge is 2.13. The molecule has 0 radical (unpaired) electrons. The van der Waals surface area contributed by atoms with Crippen LogP contribution in [-0.4, -0.2) is 13.1 Å². The molecule has 0 aliphatic heterocycles. The highest BCUT2D eigenvalue weighted by atomic mass is 32.1. The summed E-state index contributed by atoms with van der Waals surface area (Å²) in [7, 11) is 0. The zero-order valence-corrected chi connectivity index (χ0v) is 16.3. The van der Waals surface area contributed by atoms with Crippen molar-refractivity contribution in [1.29, 1.82) is 0 Å². The van der Waals surface area contributed by atoms with Crippen LogP contribution in [0.25, 0.3) is 31.2 Å². The minimum Gasteiger partial charge on any atom is -0.422 e. The Balaban J connectivity index is 1.76. The van der Waals surface area contributed by atoms with Crippen LogP contribution in [0.4, 0.5) is 5.69 Å². The van der Waals surface area contributed by atoms with Gasteiger partial charge in [-0.2, -0.15) is 0 Å². The number of thiophene rings is 2. The monoisotopic (exact) mass is 381 g/mol. The Morgan fingerprint density at radius 1 is 0.962 bits per heavy atom. The molecule has 0 aliphatic rings. The molecule has 4 aromatic rings. The lowest BCUT2D eigenvalue weighted by Crippen LogP contribution is -2.21. The zero-order valence-electron chi connectivity index (χ0n) is 14.7. The molecule has 5 heteroatoms. The summed E-state index contributed by atoms with van der Waals surface area (Å²) in [6, 6.07) is 16.2. The predicted octanol–water partition coefficient (Wildman–Crippen LogP) is 6.10. The average molecular weight is 382 g/mol. The maximum Gasteiger partial charge on any atom is 0.345 e. The second-order valence-corrected chi connectivity index (χ2v) is 8.01. The van der Waals surface area contributed by atoms with Gasteiger partial charge in [-0.25, -0.2) is 4.79 Å². The largest absolute Gasteiger partial charge is 0.422 e. The predicted molar refractivity (Wildman–Crippen MR) is 113 cm³/mol. The molecule has 3 nitrogen and oxygen atoms in total. The van der Waals surface area contributed by atoms with Crippen molar-refractivity contribution in [3.05, 3.63) is 64.3 Å². The third kappa shape index (κ3) is 3.08. The Morgan fingerprint density at radius 2 is 1.77 bits per heavy atom. The highest BCUT2D eigenvalue weighted by Crippen LogP contribution is 2.36. The van der Waals surface area contributed by atoms with E-state index < -0.39 is 0 Å². The van der Waals surface area contributed by atoms with Crippen molar-refractivity contribution in [2.75, 3.05) is 18.0 Å². The standard InChI is InChI=1S/C21H19NO2S2/c1-3-22(4-2)15-8-7-14-12-16(21(23)24-17(14)13-15)18-9-10-20(26-18)19-6-5-11-25-19/h5-13H,3-4H2,1-2H3. The molecular formula is C21H19NO2S2. The zero-order chi connectivity index (χ0) is 18.1. The maximum atomic E-state index is 12.6. The topological polar surface area (TPSA) is 33.5 Å². The molecule has 4 rings (SSSR count). The quantitative estimate of drug-likeness (QED) is 0.392. The van der Waals surface area contributed by atoms with E-state index >= 15 is 0 Å². The van der Waals surface area contributed by atoms with Gasteiger partial charge in [-0.05, 0) is 55.6 Å². The molecular weight excluding hydrogens is 362 g/mol. The van der Waals surface area contributed by atoms with E-state index in [9.17, 15) is 4.79 Å². The van der Waals surface area contributed by atoms with Crippen molar-refractivity contribution in [1.82, 2.24) is 0 Å². The fourth-order valence-corrected chi connectivity index (χ4v) is 4.94. The molecule has 26 heavy (non-hydrogen) atoms. The van der Waals surface area contributed by atoms with E-state index in [2.05, 4.69) is 42.3 Å². The van der Waals surface area contributed by atoms with Gasteiger partial charge in [0.25, 0.3) is 0 Å². The van der Waals surface area contributed by atoms with E-state index in [1.54, 1.807) is 22.7 Å². The second-order valence-electron chi connectivity index (χ2n) is 5.98. The summed E-state index contributed by atoms with van der Waals surface area (Å²) in [5.41, 5.74) is 2.06. The Hall–Kier alpha value is -2.37. The van der Waals surface area contributed by atoms with Crippen molar-refractivity contribution in [3.63, 3.8) is 0 Å². The Kier molecular flexibility index (Phi) is 4.66. The number of fused-ring (bicyclic) bond motifs is 1. The lowest BCUT2D eigenvalue weighted by Gasteiger charge is -2.20. The lowest BCUT2D eigenvalue weighted by atomic mass is 10.1. The first-order chi connectivity index (χ1) is 12.7. The number of rotatable bonds is 5. The molecule has 0 bridgehead atoms. The van der Waals surface area contributed by atoms with Gasteiger partial charge in [0, 0.05) is 44.9 Å². The summed E-state index contributed by atoms with van der Waals surface area (Å²) in [5, 5.41) is 3.01.